The normalized spacial score (nSPS) is 16.8. The van der Waals surface area contributed by atoms with Gasteiger partial charge in [-0.1, -0.05) is 6.07 Å². The average Bonchev–Trinajstić information content (AvgIpc) is 3.23. The second kappa shape index (κ2) is 7.59. The number of nitrogens with one attached hydrogen (secondary N) is 2. The van der Waals surface area contributed by atoms with E-state index in [9.17, 15) is 9.59 Å². The average molecular weight is 344 g/mol. The molecule has 0 spiro atoms. The Kier molecular flexibility index (Phi) is 5.27. The number of rotatable bonds is 5. The van der Waals surface area contributed by atoms with Crippen molar-refractivity contribution >= 4 is 34.5 Å². The van der Waals surface area contributed by atoms with E-state index in [0.29, 0.717) is 18.7 Å². The number of ether oxygens (including phenoxy) is 1. The molecule has 1 atom stereocenters. The van der Waals surface area contributed by atoms with E-state index < -0.39 is 0 Å². The van der Waals surface area contributed by atoms with Crippen LogP contribution in [0.1, 0.15) is 23.3 Å². The zero-order valence-electron chi connectivity index (χ0n) is 13.5. The zero-order chi connectivity index (χ0) is 16.9. The Hall–Kier alpha value is -2.18. The number of amides is 2. The van der Waals surface area contributed by atoms with Crippen LogP contribution < -0.4 is 10.6 Å². The SMILES string of the molecule is Cc1cc(NC(=O)C2CCCO2)ccc1NC(=O)Cc1cccs1. The molecule has 1 saturated heterocycles. The van der Waals surface area contributed by atoms with Crippen molar-refractivity contribution in [2.75, 3.05) is 17.2 Å². The fraction of sp³-hybridized carbons (Fsp3) is 0.333. The zero-order valence-corrected chi connectivity index (χ0v) is 14.3. The van der Waals surface area contributed by atoms with E-state index in [4.69, 9.17) is 4.74 Å². The molecule has 24 heavy (non-hydrogen) atoms. The first kappa shape index (κ1) is 16.7. The van der Waals surface area contributed by atoms with Crippen LogP contribution >= 0.6 is 11.3 Å². The largest absolute Gasteiger partial charge is 0.368 e. The van der Waals surface area contributed by atoms with Crippen LogP contribution in [0.2, 0.25) is 0 Å². The lowest BCUT2D eigenvalue weighted by Crippen LogP contribution is -2.26. The van der Waals surface area contributed by atoms with Gasteiger partial charge in [0.2, 0.25) is 5.91 Å². The van der Waals surface area contributed by atoms with Gasteiger partial charge in [-0.2, -0.15) is 0 Å². The van der Waals surface area contributed by atoms with E-state index in [1.165, 1.54) is 0 Å². The molecule has 0 radical (unpaired) electrons. The molecule has 126 valence electrons. The molecule has 1 aromatic carbocycles. The minimum atomic E-state index is -0.351. The van der Waals surface area contributed by atoms with Crippen LogP contribution in [0.5, 0.6) is 0 Å². The maximum Gasteiger partial charge on any atom is 0.253 e. The number of benzene rings is 1. The summed E-state index contributed by atoms with van der Waals surface area (Å²) in [5.41, 5.74) is 2.37. The van der Waals surface area contributed by atoms with E-state index in [2.05, 4.69) is 10.6 Å². The van der Waals surface area contributed by atoms with Gasteiger partial charge in [0, 0.05) is 22.9 Å². The Morgan fingerprint density at radius 3 is 2.83 bits per heavy atom. The number of aryl methyl sites for hydroxylation is 1. The van der Waals surface area contributed by atoms with Gasteiger partial charge in [-0.05, 0) is 55.0 Å². The lowest BCUT2D eigenvalue weighted by molar-refractivity contribution is -0.124. The Morgan fingerprint density at radius 2 is 2.17 bits per heavy atom. The minimum Gasteiger partial charge on any atom is -0.368 e. The van der Waals surface area contributed by atoms with Crippen molar-refractivity contribution in [2.45, 2.75) is 32.3 Å². The highest BCUT2D eigenvalue weighted by Crippen LogP contribution is 2.22. The molecule has 1 fully saturated rings. The summed E-state index contributed by atoms with van der Waals surface area (Å²) >= 11 is 1.57. The first-order chi connectivity index (χ1) is 11.6. The molecule has 1 unspecified atom stereocenters. The molecule has 2 aromatic rings. The number of thiophene rings is 1. The van der Waals surface area contributed by atoms with Gasteiger partial charge >= 0.3 is 0 Å². The summed E-state index contributed by atoms with van der Waals surface area (Å²) in [5, 5.41) is 7.74. The number of carbonyl (C=O) groups is 2. The smallest absolute Gasteiger partial charge is 0.253 e. The Morgan fingerprint density at radius 1 is 1.29 bits per heavy atom. The van der Waals surface area contributed by atoms with E-state index in [0.717, 1.165) is 29.0 Å². The molecule has 0 bridgehead atoms. The number of hydrogen-bond acceptors (Lipinski definition) is 4. The third-order valence-electron chi connectivity index (χ3n) is 3.91. The van der Waals surface area contributed by atoms with Crippen LogP contribution in [0.3, 0.4) is 0 Å². The quantitative estimate of drug-likeness (QED) is 0.874. The minimum absolute atomic E-state index is 0.0447. The molecule has 0 saturated carbocycles. The van der Waals surface area contributed by atoms with Crippen LogP contribution in [0.15, 0.2) is 35.7 Å². The van der Waals surface area contributed by atoms with Gasteiger partial charge in [-0.3, -0.25) is 9.59 Å². The number of hydrogen-bond donors (Lipinski definition) is 2. The van der Waals surface area contributed by atoms with E-state index in [1.807, 2.05) is 36.6 Å². The van der Waals surface area contributed by atoms with Crippen molar-refractivity contribution in [3.8, 4) is 0 Å². The van der Waals surface area contributed by atoms with E-state index in [1.54, 1.807) is 17.4 Å². The van der Waals surface area contributed by atoms with Crippen molar-refractivity contribution in [3.05, 3.63) is 46.2 Å². The Bertz CT molecular complexity index is 722. The van der Waals surface area contributed by atoms with Crippen molar-refractivity contribution < 1.29 is 14.3 Å². The van der Waals surface area contributed by atoms with Gasteiger partial charge in [0.25, 0.3) is 5.91 Å². The molecule has 3 rings (SSSR count). The molecule has 1 aromatic heterocycles. The van der Waals surface area contributed by atoms with Gasteiger partial charge in [-0.25, -0.2) is 0 Å². The van der Waals surface area contributed by atoms with Gasteiger partial charge < -0.3 is 15.4 Å². The highest BCUT2D eigenvalue weighted by molar-refractivity contribution is 7.10. The first-order valence-electron chi connectivity index (χ1n) is 7.97. The van der Waals surface area contributed by atoms with Gasteiger partial charge in [0.05, 0.1) is 6.42 Å². The summed E-state index contributed by atoms with van der Waals surface area (Å²) in [6.07, 6.45) is 1.71. The highest BCUT2D eigenvalue weighted by Gasteiger charge is 2.23. The van der Waals surface area contributed by atoms with Crippen LogP contribution in [0.4, 0.5) is 11.4 Å². The second-order valence-electron chi connectivity index (χ2n) is 5.82. The molecule has 1 aliphatic rings. The fourth-order valence-electron chi connectivity index (χ4n) is 2.65. The molecule has 6 heteroatoms. The third-order valence-corrected chi connectivity index (χ3v) is 4.78. The lowest BCUT2D eigenvalue weighted by atomic mass is 10.1. The fourth-order valence-corrected chi connectivity index (χ4v) is 3.36. The summed E-state index contributed by atoms with van der Waals surface area (Å²) in [5.74, 6) is -0.155. The predicted molar refractivity (Wildman–Crippen MR) is 95.4 cm³/mol. The summed E-state index contributed by atoms with van der Waals surface area (Å²) in [4.78, 5) is 25.2. The van der Waals surface area contributed by atoms with Crippen LogP contribution in [0.25, 0.3) is 0 Å². The third kappa shape index (κ3) is 4.21. The monoisotopic (exact) mass is 344 g/mol. The number of carbonyl (C=O) groups excluding carboxylic acids is 2. The molecule has 2 amide bonds. The van der Waals surface area contributed by atoms with Crippen molar-refractivity contribution in [1.82, 2.24) is 0 Å². The van der Waals surface area contributed by atoms with Gasteiger partial charge in [0.15, 0.2) is 0 Å². The maximum atomic E-state index is 12.1. The van der Waals surface area contributed by atoms with Crippen molar-refractivity contribution in [3.63, 3.8) is 0 Å². The first-order valence-corrected chi connectivity index (χ1v) is 8.85. The van der Waals surface area contributed by atoms with Gasteiger partial charge in [0.1, 0.15) is 6.10 Å². The van der Waals surface area contributed by atoms with E-state index in [-0.39, 0.29) is 17.9 Å². The molecule has 5 nitrogen and oxygen atoms in total. The lowest BCUT2D eigenvalue weighted by Gasteiger charge is -2.13. The van der Waals surface area contributed by atoms with Gasteiger partial charge in [-0.15, -0.1) is 11.3 Å². The summed E-state index contributed by atoms with van der Waals surface area (Å²) in [7, 11) is 0. The topological polar surface area (TPSA) is 67.4 Å². The summed E-state index contributed by atoms with van der Waals surface area (Å²) in [6, 6.07) is 9.34. The Balaban J connectivity index is 1.59. The maximum absolute atomic E-state index is 12.1. The molecule has 2 heterocycles. The standard InChI is InChI=1S/C18H20N2O3S/c1-12-10-13(19-18(22)16-5-2-8-23-16)6-7-15(12)20-17(21)11-14-4-3-9-24-14/h3-4,6-7,9-10,16H,2,5,8,11H2,1H3,(H,19,22)(H,20,21). The summed E-state index contributed by atoms with van der Waals surface area (Å²) in [6.45, 7) is 2.55. The summed E-state index contributed by atoms with van der Waals surface area (Å²) < 4.78 is 5.38. The van der Waals surface area contributed by atoms with Crippen molar-refractivity contribution in [2.24, 2.45) is 0 Å². The number of anilines is 2. The second-order valence-corrected chi connectivity index (χ2v) is 6.86. The molecule has 1 aliphatic heterocycles. The van der Waals surface area contributed by atoms with Crippen LogP contribution in [-0.4, -0.2) is 24.5 Å². The van der Waals surface area contributed by atoms with E-state index >= 15 is 0 Å². The van der Waals surface area contributed by atoms with Crippen molar-refractivity contribution in [1.29, 1.82) is 0 Å². The molecule has 0 aliphatic carbocycles. The van der Waals surface area contributed by atoms with Crippen LogP contribution in [-0.2, 0) is 20.7 Å². The molecular weight excluding hydrogens is 324 g/mol. The highest BCUT2D eigenvalue weighted by atomic mass is 32.1. The van der Waals surface area contributed by atoms with Crippen LogP contribution in [0, 0.1) is 6.92 Å². The Labute approximate surface area is 145 Å². The predicted octanol–water partition coefficient (Wildman–Crippen LogP) is 3.36. The molecular formula is C18H20N2O3S. The molecule has 2 N–H and O–H groups in total.